The lowest BCUT2D eigenvalue weighted by Gasteiger charge is -2.30. The van der Waals surface area contributed by atoms with E-state index in [4.69, 9.17) is 14.5 Å². The number of methoxy groups -OCH3 is 2. The van der Waals surface area contributed by atoms with E-state index in [2.05, 4.69) is 19.2 Å². The van der Waals surface area contributed by atoms with Gasteiger partial charge in [0.2, 0.25) is 5.91 Å². The molecule has 0 saturated heterocycles. The SMILES string of the molecule is COc1cc2c(cc1OC)C(c1ccccc1NC(=O)C(C)C)=NC(C)(C)C2. The molecule has 1 N–H and O–H groups in total. The number of ether oxygens (including phenoxy) is 2. The Hall–Kier alpha value is -2.82. The highest BCUT2D eigenvalue weighted by molar-refractivity contribution is 6.18. The van der Waals surface area contributed by atoms with Crippen molar-refractivity contribution >= 4 is 17.3 Å². The van der Waals surface area contributed by atoms with Crippen LogP contribution in [0.3, 0.4) is 0 Å². The van der Waals surface area contributed by atoms with Crippen molar-refractivity contribution in [1.29, 1.82) is 0 Å². The van der Waals surface area contributed by atoms with Crippen molar-refractivity contribution in [3.8, 4) is 11.5 Å². The van der Waals surface area contributed by atoms with Gasteiger partial charge < -0.3 is 14.8 Å². The van der Waals surface area contributed by atoms with E-state index in [0.29, 0.717) is 11.5 Å². The average molecular weight is 380 g/mol. The summed E-state index contributed by atoms with van der Waals surface area (Å²) in [6, 6.07) is 11.8. The fraction of sp³-hybridized carbons (Fsp3) is 0.391. The summed E-state index contributed by atoms with van der Waals surface area (Å²) in [4.78, 5) is 17.4. The van der Waals surface area contributed by atoms with E-state index in [9.17, 15) is 4.79 Å². The number of benzene rings is 2. The quantitative estimate of drug-likeness (QED) is 0.832. The van der Waals surface area contributed by atoms with Crippen molar-refractivity contribution in [2.45, 2.75) is 39.7 Å². The minimum absolute atomic E-state index is 0.0179. The first-order valence-electron chi connectivity index (χ1n) is 9.51. The summed E-state index contributed by atoms with van der Waals surface area (Å²) >= 11 is 0. The number of nitrogens with one attached hydrogen (secondary N) is 1. The van der Waals surface area contributed by atoms with E-state index in [0.717, 1.165) is 34.5 Å². The zero-order valence-corrected chi connectivity index (χ0v) is 17.4. The largest absolute Gasteiger partial charge is 0.493 e. The minimum atomic E-state index is -0.267. The second-order valence-corrected chi connectivity index (χ2v) is 8.00. The molecule has 1 amide bonds. The first-order valence-corrected chi connectivity index (χ1v) is 9.51. The molecule has 0 aliphatic carbocycles. The Bertz CT molecular complexity index is 929. The van der Waals surface area contributed by atoms with Gasteiger partial charge in [-0.2, -0.15) is 0 Å². The molecule has 0 unspecified atom stereocenters. The van der Waals surface area contributed by atoms with Gasteiger partial charge in [0.1, 0.15) is 0 Å². The Balaban J connectivity index is 2.17. The number of aliphatic imine (C=N–C) groups is 1. The molecule has 0 bridgehead atoms. The first kappa shape index (κ1) is 19.9. The van der Waals surface area contributed by atoms with Crippen molar-refractivity contribution in [2.24, 2.45) is 10.9 Å². The Labute approximate surface area is 166 Å². The second kappa shape index (κ2) is 7.66. The van der Waals surface area contributed by atoms with Gasteiger partial charge in [0.25, 0.3) is 0 Å². The van der Waals surface area contributed by atoms with E-state index in [1.54, 1.807) is 14.2 Å². The maximum absolute atomic E-state index is 12.3. The van der Waals surface area contributed by atoms with Crippen LogP contribution in [0.4, 0.5) is 5.69 Å². The number of para-hydroxylation sites is 1. The third-order valence-corrected chi connectivity index (χ3v) is 4.87. The average Bonchev–Trinajstić information content (AvgIpc) is 2.66. The van der Waals surface area contributed by atoms with Crippen molar-refractivity contribution in [3.63, 3.8) is 0 Å². The molecule has 1 heterocycles. The van der Waals surface area contributed by atoms with Crippen LogP contribution in [0, 0.1) is 5.92 Å². The lowest BCUT2D eigenvalue weighted by Crippen LogP contribution is -2.30. The van der Waals surface area contributed by atoms with Gasteiger partial charge in [-0.3, -0.25) is 9.79 Å². The molecule has 5 heteroatoms. The Morgan fingerprint density at radius 3 is 2.36 bits per heavy atom. The van der Waals surface area contributed by atoms with Crippen LogP contribution in [0.5, 0.6) is 11.5 Å². The molecular formula is C23H28N2O3. The van der Waals surface area contributed by atoms with Crippen molar-refractivity contribution in [2.75, 3.05) is 19.5 Å². The highest BCUT2D eigenvalue weighted by Crippen LogP contribution is 2.38. The Morgan fingerprint density at radius 2 is 1.71 bits per heavy atom. The van der Waals surface area contributed by atoms with Gasteiger partial charge >= 0.3 is 0 Å². The molecular weight excluding hydrogens is 352 g/mol. The smallest absolute Gasteiger partial charge is 0.226 e. The lowest BCUT2D eigenvalue weighted by atomic mass is 9.84. The number of fused-ring (bicyclic) bond motifs is 1. The van der Waals surface area contributed by atoms with Crippen LogP contribution in [0.25, 0.3) is 0 Å². The molecule has 3 rings (SSSR count). The summed E-state index contributed by atoms with van der Waals surface area (Å²) in [6.07, 6.45) is 0.798. The van der Waals surface area contributed by atoms with E-state index in [1.807, 2.05) is 50.2 Å². The van der Waals surface area contributed by atoms with Gasteiger partial charge in [0, 0.05) is 17.0 Å². The molecule has 28 heavy (non-hydrogen) atoms. The molecule has 0 radical (unpaired) electrons. The van der Waals surface area contributed by atoms with Crippen LogP contribution in [-0.2, 0) is 11.2 Å². The Kier molecular flexibility index (Phi) is 5.45. The van der Waals surface area contributed by atoms with Gasteiger partial charge in [-0.1, -0.05) is 32.0 Å². The Morgan fingerprint density at radius 1 is 1.07 bits per heavy atom. The molecule has 1 aliphatic rings. The topological polar surface area (TPSA) is 59.9 Å². The summed E-state index contributed by atoms with van der Waals surface area (Å²) in [6.45, 7) is 7.99. The standard InChI is InChI=1S/C23H28N2O3/c1-14(2)22(26)24-18-10-8-7-9-16(18)21-17-12-20(28-6)19(27-5)11-15(17)13-23(3,4)25-21/h7-12,14H,13H2,1-6H3,(H,24,26). The molecule has 148 valence electrons. The monoisotopic (exact) mass is 380 g/mol. The molecule has 2 aromatic carbocycles. The number of carbonyl (C=O) groups is 1. The van der Waals surface area contributed by atoms with Gasteiger partial charge in [-0.25, -0.2) is 0 Å². The summed E-state index contributed by atoms with van der Waals surface area (Å²) in [7, 11) is 3.27. The van der Waals surface area contributed by atoms with Gasteiger partial charge in [-0.05, 0) is 44.0 Å². The molecule has 0 saturated carbocycles. The summed E-state index contributed by atoms with van der Waals surface area (Å²) in [5.41, 5.74) is 4.40. The molecule has 0 spiro atoms. The van der Waals surface area contributed by atoms with Gasteiger partial charge in [-0.15, -0.1) is 0 Å². The summed E-state index contributed by atoms with van der Waals surface area (Å²) in [5, 5.41) is 3.04. The van der Waals surface area contributed by atoms with Crippen LogP contribution < -0.4 is 14.8 Å². The normalized spacial score (nSPS) is 14.9. The molecule has 2 aromatic rings. The molecule has 0 fully saturated rings. The number of hydrogen-bond donors (Lipinski definition) is 1. The first-order chi connectivity index (χ1) is 13.3. The number of nitrogens with zero attached hydrogens (tertiary/aromatic N) is 1. The maximum atomic E-state index is 12.3. The minimum Gasteiger partial charge on any atom is -0.493 e. The summed E-state index contributed by atoms with van der Waals surface area (Å²) in [5.74, 6) is 1.25. The van der Waals surface area contributed by atoms with E-state index in [1.165, 1.54) is 0 Å². The number of anilines is 1. The second-order valence-electron chi connectivity index (χ2n) is 8.00. The van der Waals surface area contributed by atoms with Crippen LogP contribution in [0.1, 0.15) is 44.4 Å². The van der Waals surface area contributed by atoms with Crippen LogP contribution in [0.2, 0.25) is 0 Å². The number of hydrogen-bond acceptors (Lipinski definition) is 4. The number of carbonyl (C=O) groups excluding carboxylic acids is 1. The highest BCUT2D eigenvalue weighted by Gasteiger charge is 2.30. The van der Waals surface area contributed by atoms with Crippen molar-refractivity contribution in [3.05, 3.63) is 53.1 Å². The van der Waals surface area contributed by atoms with Crippen LogP contribution in [0.15, 0.2) is 41.4 Å². The number of rotatable bonds is 5. The summed E-state index contributed by atoms with van der Waals surface area (Å²) < 4.78 is 11.0. The third-order valence-electron chi connectivity index (χ3n) is 4.87. The fourth-order valence-electron chi connectivity index (χ4n) is 3.44. The number of amides is 1. The zero-order chi connectivity index (χ0) is 20.5. The fourth-order valence-corrected chi connectivity index (χ4v) is 3.44. The van der Waals surface area contributed by atoms with E-state index >= 15 is 0 Å². The maximum Gasteiger partial charge on any atom is 0.226 e. The van der Waals surface area contributed by atoms with Crippen LogP contribution >= 0.6 is 0 Å². The van der Waals surface area contributed by atoms with Gasteiger partial charge in [0.15, 0.2) is 11.5 Å². The highest BCUT2D eigenvalue weighted by atomic mass is 16.5. The zero-order valence-electron chi connectivity index (χ0n) is 17.4. The predicted molar refractivity (Wildman–Crippen MR) is 113 cm³/mol. The third kappa shape index (κ3) is 3.88. The molecule has 0 atom stereocenters. The van der Waals surface area contributed by atoms with E-state index < -0.39 is 0 Å². The lowest BCUT2D eigenvalue weighted by molar-refractivity contribution is -0.118. The molecule has 0 aromatic heterocycles. The molecule has 1 aliphatic heterocycles. The predicted octanol–water partition coefficient (Wildman–Crippen LogP) is 4.47. The van der Waals surface area contributed by atoms with Crippen LogP contribution in [-0.4, -0.2) is 31.4 Å². The van der Waals surface area contributed by atoms with Crippen molar-refractivity contribution < 1.29 is 14.3 Å². The van der Waals surface area contributed by atoms with Gasteiger partial charge in [0.05, 0.1) is 31.2 Å². The molecule has 5 nitrogen and oxygen atoms in total. The van der Waals surface area contributed by atoms with E-state index in [-0.39, 0.29) is 17.4 Å². The van der Waals surface area contributed by atoms with Crippen molar-refractivity contribution in [1.82, 2.24) is 0 Å².